The zero-order valence-corrected chi connectivity index (χ0v) is 8.82. The predicted octanol–water partition coefficient (Wildman–Crippen LogP) is 1.93. The van der Waals surface area contributed by atoms with Gasteiger partial charge in [0.05, 0.1) is 12.2 Å². The van der Waals surface area contributed by atoms with Crippen LogP contribution >= 0.6 is 0 Å². The van der Waals surface area contributed by atoms with E-state index in [4.69, 9.17) is 10.5 Å². The van der Waals surface area contributed by atoms with Crippen molar-refractivity contribution in [1.82, 2.24) is 0 Å². The zero-order chi connectivity index (χ0) is 9.54. The fraction of sp³-hybridized carbons (Fsp3) is 1.00. The highest BCUT2D eigenvalue weighted by molar-refractivity contribution is 4.92. The third-order valence-electron chi connectivity index (χ3n) is 4.57. The van der Waals surface area contributed by atoms with Crippen molar-refractivity contribution in [3.8, 4) is 0 Å². The molecule has 3 fully saturated rings. The number of fused-ring (bicyclic) bond motifs is 2. The van der Waals surface area contributed by atoms with Crippen LogP contribution in [0.3, 0.4) is 0 Å². The molecule has 0 spiro atoms. The van der Waals surface area contributed by atoms with E-state index in [1.165, 1.54) is 38.5 Å². The number of hydrogen-bond acceptors (Lipinski definition) is 2. The Morgan fingerprint density at radius 2 is 1.93 bits per heavy atom. The standard InChI is InChI=1S/C12H21NO/c13-7-9-4-11(5-9)14-12-6-8-1-2-10(12)3-8/h8-12H,1-7,13H2. The van der Waals surface area contributed by atoms with E-state index >= 15 is 0 Å². The van der Waals surface area contributed by atoms with Gasteiger partial charge in [-0.3, -0.25) is 0 Å². The number of ether oxygens (including phenoxy) is 1. The van der Waals surface area contributed by atoms with Crippen molar-refractivity contribution in [2.45, 2.75) is 50.7 Å². The fourth-order valence-corrected chi connectivity index (χ4v) is 3.58. The van der Waals surface area contributed by atoms with Crippen LogP contribution in [0.5, 0.6) is 0 Å². The Labute approximate surface area is 86.2 Å². The van der Waals surface area contributed by atoms with Crippen LogP contribution in [-0.2, 0) is 4.74 Å². The molecule has 14 heavy (non-hydrogen) atoms. The molecular weight excluding hydrogens is 174 g/mol. The Balaban J connectivity index is 1.46. The van der Waals surface area contributed by atoms with Gasteiger partial charge < -0.3 is 10.5 Å². The van der Waals surface area contributed by atoms with Crippen LogP contribution in [0, 0.1) is 17.8 Å². The summed E-state index contributed by atoms with van der Waals surface area (Å²) < 4.78 is 6.16. The molecule has 80 valence electrons. The van der Waals surface area contributed by atoms with Crippen molar-refractivity contribution >= 4 is 0 Å². The predicted molar refractivity (Wildman–Crippen MR) is 55.9 cm³/mol. The Hall–Kier alpha value is -0.0800. The lowest BCUT2D eigenvalue weighted by Crippen LogP contribution is -2.39. The van der Waals surface area contributed by atoms with E-state index in [1.807, 2.05) is 0 Å². The Bertz CT molecular complexity index is 212. The lowest BCUT2D eigenvalue weighted by Gasteiger charge is -2.38. The van der Waals surface area contributed by atoms with Crippen LogP contribution in [0.4, 0.5) is 0 Å². The number of nitrogens with two attached hydrogens (primary N) is 1. The molecular formula is C12H21NO. The smallest absolute Gasteiger partial charge is 0.0609 e. The molecule has 3 aliphatic carbocycles. The van der Waals surface area contributed by atoms with E-state index in [0.29, 0.717) is 12.2 Å². The summed E-state index contributed by atoms with van der Waals surface area (Å²) in [5.74, 6) is 2.69. The van der Waals surface area contributed by atoms with Gasteiger partial charge in [-0.15, -0.1) is 0 Å². The topological polar surface area (TPSA) is 35.2 Å². The molecule has 0 amide bonds. The second kappa shape index (κ2) is 3.49. The van der Waals surface area contributed by atoms with Crippen LogP contribution in [0.2, 0.25) is 0 Å². The monoisotopic (exact) mass is 195 g/mol. The van der Waals surface area contributed by atoms with Crippen LogP contribution in [0.25, 0.3) is 0 Å². The van der Waals surface area contributed by atoms with E-state index in [0.717, 1.165) is 24.3 Å². The van der Waals surface area contributed by atoms with Crippen molar-refractivity contribution in [1.29, 1.82) is 0 Å². The number of hydrogen-bond donors (Lipinski definition) is 1. The molecule has 2 nitrogen and oxygen atoms in total. The average molecular weight is 195 g/mol. The number of rotatable bonds is 3. The third kappa shape index (κ3) is 1.49. The SMILES string of the molecule is NCC1CC(OC2CC3CCC2C3)C1. The molecule has 3 aliphatic rings. The maximum atomic E-state index is 6.16. The largest absolute Gasteiger partial charge is 0.375 e. The minimum Gasteiger partial charge on any atom is -0.375 e. The van der Waals surface area contributed by atoms with Crippen molar-refractivity contribution < 1.29 is 4.74 Å². The minimum atomic E-state index is 0.563. The summed E-state index contributed by atoms with van der Waals surface area (Å²) in [5.41, 5.74) is 5.61. The van der Waals surface area contributed by atoms with Gasteiger partial charge in [-0.1, -0.05) is 0 Å². The van der Waals surface area contributed by atoms with Crippen molar-refractivity contribution in [2.75, 3.05) is 6.54 Å². The molecule has 0 heterocycles. The summed E-state index contributed by atoms with van der Waals surface area (Å²) in [6.45, 7) is 0.858. The molecule has 2 N–H and O–H groups in total. The summed E-state index contributed by atoms with van der Waals surface area (Å²) in [5, 5.41) is 0. The van der Waals surface area contributed by atoms with Gasteiger partial charge in [0, 0.05) is 0 Å². The van der Waals surface area contributed by atoms with Gasteiger partial charge in [-0.2, -0.15) is 0 Å². The van der Waals surface area contributed by atoms with Crippen LogP contribution in [0.1, 0.15) is 38.5 Å². The molecule has 3 atom stereocenters. The first kappa shape index (κ1) is 9.17. The molecule has 3 rings (SSSR count). The van der Waals surface area contributed by atoms with Crippen molar-refractivity contribution in [3.05, 3.63) is 0 Å². The molecule has 3 unspecified atom stereocenters. The lowest BCUT2D eigenvalue weighted by molar-refractivity contribution is -0.0918. The minimum absolute atomic E-state index is 0.563. The second-order valence-electron chi connectivity index (χ2n) is 5.54. The first-order chi connectivity index (χ1) is 6.85. The average Bonchev–Trinajstić information content (AvgIpc) is 2.71. The summed E-state index contributed by atoms with van der Waals surface area (Å²) in [6.07, 6.45) is 9.36. The zero-order valence-electron chi connectivity index (χ0n) is 8.82. The molecule has 0 radical (unpaired) electrons. The normalized spacial score (nSPS) is 50.8. The van der Waals surface area contributed by atoms with Crippen LogP contribution in [0.15, 0.2) is 0 Å². The third-order valence-corrected chi connectivity index (χ3v) is 4.57. The van der Waals surface area contributed by atoms with Gasteiger partial charge in [-0.25, -0.2) is 0 Å². The van der Waals surface area contributed by atoms with Gasteiger partial charge in [-0.05, 0) is 62.8 Å². The Morgan fingerprint density at radius 3 is 2.50 bits per heavy atom. The first-order valence-electron chi connectivity index (χ1n) is 6.20. The highest BCUT2D eigenvalue weighted by Crippen LogP contribution is 2.47. The summed E-state index contributed by atoms with van der Waals surface area (Å²) in [7, 11) is 0. The van der Waals surface area contributed by atoms with E-state index in [-0.39, 0.29) is 0 Å². The summed E-state index contributed by atoms with van der Waals surface area (Å²) >= 11 is 0. The first-order valence-corrected chi connectivity index (χ1v) is 6.20. The molecule has 0 aromatic heterocycles. The van der Waals surface area contributed by atoms with Crippen LogP contribution < -0.4 is 5.73 Å². The van der Waals surface area contributed by atoms with Crippen LogP contribution in [-0.4, -0.2) is 18.8 Å². The van der Waals surface area contributed by atoms with E-state index in [9.17, 15) is 0 Å². The maximum Gasteiger partial charge on any atom is 0.0609 e. The molecule has 0 saturated heterocycles. The van der Waals surface area contributed by atoms with Gasteiger partial charge in [0.15, 0.2) is 0 Å². The fourth-order valence-electron chi connectivity index (χ4n) is 3.58. The molecule has 2 bridgehead atoms. The lowest BCUT2D eigenvalue weighted by atomic mass is 9.82. The van der Waals surface area contributed by atoms with Gasteiger partial charge in [0.2, 0.25) is 0 Å². The van der Waals surface area contributed by atoms with Crippen molar-refractivity contribution in [3.63, 3.8) is 0 Å². The molecule has 0 aromatic carbocycles. The van der Waals surface area contributed by atoms with Crippen molar-refractivity contribution in [2.24, 2.45) is 23.5 Å². The molecule has 3 saturated carbocycles. The molecule has 0 aromatic rings. The summed E-state index contributed by atoms with van der Waals surface area (Å²) in [4.78, 5) is 0. The molecule has 2 heteroatoms. The van der Waals surface area contributed by atoms with Gasteiger partial charge in [0.1, 0.15) is 0 Å². The highest BCUT2D eigenvalue weighted by Gasteiger charge is 2.42. The quantitative estimate of drug-likeness (QED) is 0.747. The Morgan fingerprint density at radius 1 is 1.07 bits per heavy atom. The maximum absolute atomic E-state index is 6.16. The second-order valence-corrected chi connectivity index (χ2v) is 5.54. The molecule has 0 aliphatic heterocycles. The summed E-state index contributed by atoms with van der Waals surface area (Å²) in [6, 6.07) is 0. The van der Waals surface area contributed by atoms with Gasteiger partial charge in [0.25, 0.3) is 0 Å². The van der Waals surface area contributed by atoms with Gasteiger partial charge >= 0.3 is 0 Å². The highest BCUT2D eigenvalue weighted by atomic mass is 16.5. The van der Waals surface area contributed by atoms with E-state index in [1.54, 1.807) is 0 Å². The Kier molecular flexibility index (Phi) is 2.29. The van der Waals surface area contributed by atoms with E-state index < -0.39 is 0 Å². The van der Waals surface area contributed by atoms with E-state index in [2.05, 4.69) is 0 Å².